The van der Waals surface area contributed by atoms with Crippen LogP contribution in [0.25, 0.3) is 0 Å². The van der Waals surface area contributed by atoms with Crippen LogP contribution in [0, 0.1) is 23.2 Å². The normalized spacial score (nSPS) is 18.3. The van der Waals surface area contributed by atoms with Crippen LogP contribution in [0.4, 0.5) is 0 Å². The summed E-state index contributed by atoms with van der Waals surface area (Å²) in [5, 5.41) is 13.6. The van der Waals surface area contributed by atoms with Crippen LogP contribution in [0.1, 0.15) is 94.6 Å². The number of guanidine groups is 1. The molecule has 0 spiro atoms. The average Bonchev–Trinajstić information content (AvgIpc) is 2.97. The van der Waals surface area contributed by atoms with E-state index in [9.17, 15) is 14.4 Å². The molecule has 3 rings (SSSR count). The first-order chi connectivity index (χ1) is 20.1. The van der Waals surface area contributed by atoms with Crippen molar-refractivity contribution in [1.82, 2.24) is 10.6 Å². The average molecular weight is 583 g/mol. The van der Waals surface area contributed by atoms with Crippen molar-refractivity contribution in [3.8, 4) is 0 Å². The molecule has 42 heavy (non-hydrogen) atoms. The number of aliphatic imine (C=N–C) groups is 1. The molecule has 2 aliphatic rings. The number of primary amides is 1. The molecule has 0 aromatic heterocycles. The van der Waals surface area contributed by atoms with Crippen molar-refractivity contribution in [3.05, 3.63) is 35.4 Å². The molecule has 1 unspecified atom stereocenters. The van der Waals surface area contributed by atoms with Crippen molar-refractivity contribution in [2.75, 3.05) is 6.54 Å². The molecule has 1 aromatic rings. The SMILES string of the molecule is N=C(N)c1ccc(C[C@H](C(=O)N[C@@H](CC2CCCCC2)C(=O)NC(CCCN=C(N)N)C(N)=O)C2CCCCC2)cc1. The Morgan fingerprint density at radius 3 is 2.00 bits per heavy atom. The molecular formula is C31H50N8O3. The summed E-state index contributed by atoms with van der Waals surface area (Å²) in [6, 6.07) is 5.82. The second-order valence-corrected chi connectivity index (χ2v) is 12.0. The van der Waals surface area contributed by atoms with Gasteiger partial charge in [0.25, 0.3) is 0 Å². The number of benzene rings is 1. The highest BCUT2D eigenvalue weighted by atomic mass is 16.2. The van der Waals surface area contributed by atoms with Crippen LogP contribution in [0.2, 0.25) is 0 Å². The standard InChI is InChI=1S/C31H50N8O3/c32-27(33)23-15-13-21(14-16-23)18-24(22-10-5-2-6-11-22)29(41)39-26(19-20-8-3-1-4-9-20)30(42)38-25(28(34)40)12-7-17-37-31(35)36/h13-16,20,22,24-26H,1-12,17-19H2,(H3,32,33)(H2,34,40)(H,38,42)(H,39,41)(H4,35,36,37)/t24-,25?,26-/m0/s1. The van der Waals surface area contributed by atoms with Crippen LogP contribution >= 0.6 is 0 Å². The lowest BCUT2D eigenvalue weighted by molar-refractivity contribution is -0.134. The van der Waals surface area contributed by atoms with Gasteiger partial charge in [0.05, 0.1) is 0 Å². The highest BCUT2D eigenvalue weighted by Gasteiger charge is 2.34. The zero-order valence-corrected chi connectivity index (χ0v) is 24.8. The topological polar surface area (TPSA) is 216 Å². The van der Waals surface area contributed by atoms with E-state index in [0.717, 1.165) is 56.9 Å². The molecule has 2 aliphatic carbocycles. The number of carbonyl (C=O) groups excluding carboxylic acids is 3. The Bertz CT molecular complexity index is 1070. The second-order valence-electron chi connectivity index (χ2n) is 12.0. The van der Waals surface area contributed by atoms with E-state index >= 15 is 0 Å². The smallest absolute Gasteiger partial charge is 0.243 e. The van der Waals surface area contributed by atoms with Gasteiger partial charge in [0.15, 0.2) is 5.96 Å². The Labute approximate surface area is 249 Å². The van der Waals surface area contributed by atoms with Gasteiger partial charge in [0, 0.05) is 18.0 Å². The van der Waals surface area contributed by atoms with Crippen molar-refractivity contribution in [2.45, 2.75) is 102 Å². The lowest BCUT2D eigenvalue weighted by atomic mass is 9.76. The van der Waals surface area contributed by atoms with E-state index in [-0.39, 0.29) is 35.4 Å². The van der Waals surface area contributed by atoms with Gasteiger partial charge in [-0.3, -0.25) is 24.8 Å². The van der Waals surface area contributed by atoms with Gasteiger partial charge in [0.2, 0.25) is 17.7 Å². The number of carbonyl (C=O) groups is 3. The Morgan fingerprint density at radius 1 is 0.833 bits per heavy atom. The summed E-state index contributed by atoms with van der Waals surface area (Å²) in [7, 11) is 0. The van der Waals surface area contributed by atoms with Crippen molar-refractivity contribution in [3.63, 3.8) is 0 Å². The minimum absolute atomic E-state index is 0.00481. The van der Waals surface area contributed by atoms with E-state index in [1.54, 1.807) is 0 Å². The third kappa shape index (κ3) is 10.6. The maximum atomic E-state index is 14.0. The summed E-state index contributed by atoms with van der Waals surface area (Å²) in [5.41, 5.74) is 23.7. The van der Waals surface area contributed by atoms with Crippen LogP contribution in [-0.2, 0) is 20.8 Å². The summed E-state index contributed by atoms with van der Waals surface area (Å²) < 4.78 is 0. The van der Waals surface area contributed by atoms with Gasteiger partial charge in [-0.2, -0.15) is 0 Å². The number of amidine groups is 1. The molecule has 0 radical (unpaired) electrons. The number of nitrogens with zero attached hydrogens (tertiary/aromatic N) is 1. The molecule has 11 nitrogen and oxygen atoms in total. The summed E-state index contributed by atoms with van der Waals surface area (Å²) in [6.07, 6.45) is 12.6. The third-order valence-electron chi connectivity index (χ3n) is 8.81. The van der Waals surface area contributed by atoms with E-state index in [0.29, 0.717) is 43.7 Å². The van der Waals surface area contributed by atoms with Crippen LogP contribution in [0.3, 0.4) is 0 Å². The maximum absolute atomic E-state index is 14.0. The summed E-state index contributed by atoms with van der Waals surface area (Å²) in [5.74, 6) is -0.914. The van der Waals surface area contributed by atoms with E-state index in [4.69, 9.17) is 28.3 Å². The minimum Gasteiger partial charge on any atom is -0.384 e. The van der Waals surface area contributed by atoms with Crippen LogP contribution in [0.5, 0.6) is 0 Å². The van der Waals surface area contributed by atoms with Gasteiger partial charge in [-0.1, -0.05) is 75.6 Å². The molecule has 2 fully saturated rings. The summed E-state index contributed by atoms with van der Waals surface area (Å²) in [4.78, 5) is 43.8. The Hall–Kier alpha value is -3.63. The highest BCUT2D eigenvalue weighted by Crippen LogP contribution is 2.33. The zero-order chi connectivity index (χ0) is 30.5. The number of rotatable bonds is 15. The van der Waals surface area contributed by atoms with Crippen LogP contribution in [-0.4, -0.2) is 48.1 Å². The number of nitrogen functional groups attached to an aromatic ring is 1. The second kappa shape index (κ2) is 16.7. The quantitative estimate of drug-likeness (QED) is 0.0933. The number of amides is 3. The maximum Gasteiger partial charge on any atom is 0.243 e. The zero-order valence-electron chi connectivity index (χ0n) is 24.8. The van der Waals surface area contributed by atoms with Gasteiger partial charge >= 0.3 is 0 Å². The molecule has 3 atom stereocenters. The van der Waals surface area contributed by atoms with Crippen molar-refractivity contribution < 1.29 is 14.4 Å². The lowest BCUT2D eigenvalue weighted by Crippen LogP contribution is -2.55. The third-order valence-corrected chi connectivity index (χ3v) is 8.81. The number of hydrogen-bond donors (Lipinski definition) is 7. The fourth-order valence-electron chi connectivity index (χ4n) is 6.41. The minimum atomic E-state index is -0.883. The Kier molecular flexibility index (Phi) is 13.1. The van der Waals surface area contributed by atoms with Gasteiger partial charge in [0.1, 0.15) is 17.9 Å². The van der Waals surface area contributed by atoms with Crippen LogP contribution < -0.4 is 33.6 Å². The van der Waals surface area contributed by atoms with Crippen molar-refractivity contribution >= 4 is 29.5 Å². The highest BCUT2D eigenvalue weighted by molar-refractivity contribution is 5.95. The van der Waals surface area contributed by atoms with Gasteiger partial charge in [-0.05, 0) is 55.9 Å². The molecule has 2 saturated carbocycles. The molecule has 0 aliphatic heterocycles. The fraction of sp³-hybridized carbons (Fsp3) is 0.645. The Balaban J connectivity index is 1.77. The molecular weight excluding hydrogens is 532 g/mol. The van der Waals surface area contributed by atoms with E-state index in [2.05, 4.69) is 15.6 Å². The first kappa shape index (κ1) is 32.9. The van der Waals surface area contributed by atoms with Crippen molar-refractivity contribution in [2.24, 2.45) is 45.7 Å². The van der Waals surface area contributed by atoms with Crippen molar-refractivity contribution in [1.29, 1.82) is 5.41 Å². The molecule has 0 heterocycles. The molecule has 0 bridgehead atoms. The van der Waals surface area contributed by atoms with Gasteiger partial charge in [-0.15, -0.1) is 0 Å². The lowest BCUT2D eigenvalue weighted by Gasteiger charge is -2.32. The largest absolute Gasteiger partial charge is 0.384 e. The molecule has 11 N–H and O–H groups in total. The fourth-order valence-corrected chi connectivity index (χ4v) is 6.41. The molecule has 0 saturated heterocycles. The number of hydrogen-bond acceptors (Lipinski definition) is 5. The predicted molar refractivity (Wildman–Crippen MR) is 165 cm³/mol. The molecule has 3 amide bonds. The molecule has 1 aromatic carbocycles. The number of nitrogens with two attached hydrogens (primary N) is 4. The number of nitrogens with one attached hydrogen (secondary N) is 3. The molecule has 232 valence electrons. The molecule has 11 heteroatoms. The Morgan fingerprint density at radius 2 is 1.43 bits per heavy atom. The van der Waals surface area contributed by atoms with Gasteiger partial charge < -0.3 is 33.6 Å². The van der Waals surface area contributed by atoms with Gasteiger partial charge in [-0.25, -0.2) is 0 Å². The monoisotopic (exact) mass is 582 g/mol. The van der Waals surface area contributed by atoms with E-state index in [1.807, 2.05) is 24.3 Å². The first-order valence-electron chi connectivity index (χ1n) is 15.5. The van der Waals surface area contributed by atoms with Crippen LogP contribution in [0.15, 0.2) is 29.3 Å². The summed E-state index contributed by atoms with van der Waals surface area (Å²) >= 11 is 0. The van der Waals surface area contributed by atoms with E-state index < -0.39 is 18.0 Å². The predicted octanol–water partition coefficient (Wildman–Crippen LogP) is 2.19. The first-order valence-corrected chi connectivity index (χ1v) is 15.5. The van der Waals surface area contributed by atoms with E-state index in [1.165, 1.54) is 12.8 Å². The summed E-state index contributed by atoms with van der Waals surface area (Å²) in [6.45, 7) is 0.320.